The molecule has 3 N–H and O–H groups in total. The number of allylic oxidation sites excluding steroid dienone is 1. The van der Waals surface area contributed by atoms with Crippen molar-refractivity contribution in [1.29, 1.82) is 5.41 Å². The Kier molecular flexibility index (Phi) is 7.91. The van der Waals surface area contributed by atoms with Crippen molar-refractivity contribution in [3.05, 3.63) is 58.3 Å². The molecule has 3 heterocycles. The standard InChI is InChI=1S/C23H28F3N5O2/c1-15(2)13-31-14-18(3-4-22(31)32)28-11-16(10-27)19-12-29-21(9-20(19)23(24,25)26)30-17-5-7-33-8-6-17/h3-4,9-12,14-15,17,27-28H,5-8,13H2,1-2H3,(H,29,30)/b16-11+,27-10?. The van der Waals surface area contributed by atoms with Crippen LogP contribution in [0, 0.1) is 11.3 Å². The SMILES string of the molecule is CC(C)Cn1cc(N/C=C(\C=N)c2cnc(NC3CCOCC3)cc2C(F)(F)F)ccc1=O. The number of hydrogen-bond acceptors (Lipinski definition) is 6. The fourth-order valence-corrected chi connectivity index (χ4v) is 3.56. The minimum absolute atomic E-state index is 0.000813. The molecule has 0 spiro atoms. The first-order valence-electron chi connectivity index (χ1n) is 10.8. The molecule has 2 aromatic rings. The number of rotatable bonds is 8. The zero-order chi connectivity index (χ0) is 24.0. The average molecular weight is 464 g/mol. The normalized spacial score (nSPS) is 15.5. The predicted octanol–water partition coefficient (Wildman–Crippen LogP) is 4.61. The maximum Gasteiger partial charge on any atom is 0.417 e. The van der Waals surface area contributed by atoms with Crippen LogP contribution in [-0.4, -0.2) is 35.0 Å². The highest BCUT2D eigenvalue weighted by Gasteiger charge is 2.35. The van der Waals surface area contributed by atoms with Gasteiger partial charge in [-0.3, -0.25) is 4.79 Å². The van der Waals surface area contributed by atoms with E-state index in [9.17, 15) is 18.0 Å². The molecular formula is C23H28F3N5O2. The minimum Gasteiger partial charge on any atom is -0.381 e. The minimum atomic E-state index is -4.63. The van der Waals surface area contributed by atoms with Gasteiger partial charge in [0, 0.05) is 67.8 Å². The molecule has 0 bridgehead atoms. The van der Waals surface area contributed by atoms with Gasteiger partial charge in [0.2, 0.25) is 0 Å². The smallest absolute Gasteiger partial charge is 0.381 e. The summed E-state index contributed by atoms with van der Waals surface area (Å²) < 4.78 is 48.4. The Morgan fingerprint density at radius 1 is 1.33 bits per heavy atom. The summed E-state index contributed by atoms with van der Waals surface area (Å²) in [5.41, 5.74) is -0.726. The van der Waals surface area contributed by atoms with Gasteiger partial charge in [0.25, 0.3) is 5.56 Å². The van der Waals surface area contributed by atoms with Crippen LogP contribution in [0.3, 0.4) is 0 Å². The Hall–Kier alpha value is -3.14. The fraction of sp³-hybridized carbons (Fsp3) is 0.435. The van der Waals surface area contributed by atoms with Gasteiger partial charge in [-0.05, 0) is 30.9 Å². The highest BCUT2D eigenvalue weighted by Crippen LogP contribution is 2.36. The molecule has 7 nitrogen and oxygen atoms in total. The molecule has 178 valence electrons. The van der Waals surface area contributed by atoms with Gasteiger partial charge in [-0.1, -0.05) is 13.8 Å². The maximum atomic E-state index is 13.8. The lowest BCUT2D eigenvalue weighted by molar-refractivity contribution is -0.137. The Morgan fingerprint density at radius 2 is 2.06 bits per heavy atom. The molecule has 0 radical (unpaired) electrons. The fourth-order valence-electron chi connectivity index (χ4n) is 3.56. The van der Waals surface area contributed by atoms with E-state index in [0.717, 1.165) is 18.5 Å². The molecule has 0 unspecified atom stereocenters. The van der Waals surface area contributed by atoms with E-state index < -0.39 is 11.7 Å². The van der Waals surface area contributed by atoms with E-state index in [1.54, 1.807) is 12.3 Å². The van der Waals surface area contributed by atoms with E-state index >= 15 is 0 Å². The second-order valence-electron chi connectivity index (χ2n) is 8.33. The van der Waals surface area contributed by atoms with Crippen LogP contribution in [0.4, 0.5) is 24.7 Å². The van der Waals surface area contributed by atoms with Crippen LogP contribution in [0.15, 0.2) is 41.6 Å². The zero-order valence-electron chi connectivity index (χ0n) is 18.6. The molecule has 0 aromatic carbocycles. The largest absolute Gasteiger partial charge is 0.417 e. The highest BCUT2D eigenvalue weighted by atomic mass is 19.4. The van der Waals surface area contributed by atoms with E-state index in [2.05, 4.69) is 15.6 Å². The zero-order valence-corrected chi connectivity index (χ0v) is 18.6. The van der Waals surface area contributed by atoms with Crippen LogP contribution < -0.4 is 16.2 Å². The first kappa shape index (κ1) is 24.5. The third-order valence-electron chi connectivity index (χ3n) is 5.19. The molecule has 0 saturated carbocycles. The van der Waals surface area contributed by atoms with Crippen LogP contribution in [0.1, 0.15) is 37.8 Å². The molecule has 1 saturated heterocycles. The lowest BCUT2D eigenvalue weighted by atomic mass is 10.0. The molecule has 1 aliphatic rings. The van der Waals surface area contributed by atoms with Crippen LogP contribution in [0.5, 0.6) is 0 Å². The molecule has 3 rings (SSSR count). The topological polar surface area (TPSA) is 92.0 Å². The number of pyridine rings is 2. The first-order valence-corrected chi connectivity index (χ1v) is 10.8. The summed E-state index contributed by atoms with van der Waals surface area (Å²) in [6.45, 7) is 5.58. The van der Waals surface area contributed by atoms with Crippen molar-refractivity contribution in [1.82, 2.24) is 9.55 Å². The number of alkyl halides is 3. The number of halogens is 3. The van der Waals surface area contributed by atoms with Gasteiger partial charge < -0.3 is 25.3 Å². The summed E-state index contributed by atoms with van der Waals surface area (Å²) in [6.07, 6.45) is 1.64. The third-order valence-corrected chi connectivity index (χ3v) is 5.19. The van der Waals surface area contributed by atoms with E-state index in [4.69, 9.17) is 10.1 Å². The number of anilines is 2. The second kappa shape index (κ2) is 10.7. The molecular weight excluding hydrogens is 435 g/mol. The summed E-state index contributed by atoms with van der Waals surface area (Å²) in [5.74, 6) is 0.385. The summed E-state index contributed by atoms with van der Waals surface area (Å²) in [5, 5.41) is 13.6. The van der Waals surface area contributed by atoms with Crippen molar-refractivity contribution in [2.75, 3.05) is 23.8 Å². The quantitative estimate of drug-likeness (QED) is 0.497. The monoisotopic (exact) mass is 463 g/mol. The van der Waals surface area contributed by atoms with Crippen LogP contribution in [0.2, 0.25) is 0 Å². The second-order valence-corrected chi connectivity index (χ2v) is 8.33. The van der Waals surface area contributed by atoms with E-state index in [1.807, 2.05) is 13.8 Å². The van der Waals surface area contributed by atoms with Gasteiger partial charge >= 0.3 is 6.18 Å². The average Bonchev–Trinajstić information content (AvgIpc) is 2.76. The van der Waals surface area contributed by atoms with Crippen molar-refractivity contribution in [3.63, 3.8) is 0 Å². The number of ether oxygens (including phenoxy) is 1. The number of nitrogens with zero attached hydrogens (tertiary/aromatic N) is 2. The molecule has 0 atom stereocenters. The van der Waals surface area contributed by atoms with Crippen LogP contribution in [0.25, 0.3) is 5.57 Å². The Balaban J connectivity index is 1.88. The van der Waals surface area contributed by atoms with Crippen molar-refractivity contribution in [3.8, 4) is 0 Å². The van der Waals surface area contributed by atoms with E-state index in [0.29, 0.717) is 38.3 Å². The molecule has 1 fully saturated rings. The maximum absolute atomic E-state index is 13.8. The predicted molar refractivity (Wildman–Crippen MR) is 123 cm³/mol. The van der Waals surface area contributed by atoms with Gasteiger partial charge in [-0.15, -0.1) is 0 Å². The Labute approximate surface area is 190 Å². The molecule has 33 heavy (non-hydrogen) atoms. The van der Waals surface area contributed by atoms with Crippen molar-refractivity contribution in [2.24, 2.45) is 5.92 Å². The number of nitrogens with one attached hydrogen (secondary N) is 3. The van der Waals surface area contributed by atoms with Gasteiger partial charge in [0.05, 0.1) is 11.3 Å². The number of aromatic nitrogens is 2. The van der Waals surface area contributed by atoms with Gasteiger partial charge in [0.15, 0.2) is 0 Å². The Morgan fingerprint density at radius 3 is 2.70 bits per heavy atom. The summed E-state index contributed by atoms with van der Waals surface area (Å²) in [7, 11) is 0. The summed E-state index contributed by atoms with van der Waals surface area (Å²) >= 11 is 0. The van der Waals surface area contributed by atoms with Crippen LogP contribution >= 0.6 is 0 Å². The van der Waals surface area contributed by atoms with E-state index in [-0.39, 0.29) is 34.5 Å². The summed E-state index contributed by atoms with van der Waals surface area (Å²) in [4.78, 5) is 16.1. The summed E-state index contributed by atoms with van der Waals surface area (Å²) in [6, 6.07) is 3.91. The van der Waals surface area contributed by atoms with Crippen LogP contribution in [-0.2, 0) is 17.5 Å². The molecule has 0 amide bonds. The lowest BCUT2D eigenvalue weighted by Gasteiger charge is -2.24. The molecule has 2 aromatic heterocycles. The van der Waals surface area contributed by atoms with Crippen molar-refractivity contribution >= 4 is 23.3 Å². The molecule has 1 aliphatic heterocycles. The first-order chi connectivity index (χ1) is 15.7. The molecule has 10 heteroatoms. The van der Waals surface area contributed by atoms with Crippen molar-refractivity contribution < 1.29 is 17.9 Å². The van der Waals surface area contributed by atoms with Gasteiger partial charge in [0.1, 0.15) is 5.82 Å². The highest BCUT2D eigenvalue weighted by molar-refractivity contribution is 6.09. The van der Waals surface area contributed by atoms with Gasteiger partial charge in [-0.2, -0.15) is 13.2 Å². The molecule has 0 aliphatic carbocycles. The number of hydrogen-bond donors (Lipinski definition) is 3. The lowest BCUT2D eigenvalue weighted by Crippen LogP contribution is -2.28. The van der Waals surface area contributed by atoms with E-state index in [1.165, 1.54) is 16.8 Å². The van der Waals surface area contributed by atoms with Gasteiger partial charge in [-0.25, -0.2) is 4.98 Å². The Bertz CT molecular complexity index is 1060. The van der Waals surface area contributed by atoms with Crippen molar-refractivity contribution in [2.45, 2.75) is 45.5 Å². The third kappa shape index (κ3) is 6.67.